The first-order chi connectivity index (χ1) is 17.0. The molecule has 196 valence electrons. The molecule has 0 saturated heterocycles. The molecule has 1 fully saturated rings. The Morgan fingerprint density at radius 1 is 1.06 bits per heavy atom. The summed E-state index contributed by atoms with van der Waals surface area (Å²) >= 11 is 12.4. The van der Waals surface area contributed by atoms with E-state index >= 15 is 0 Å². The summed E-state index contributed by atoms with van der Waals surface area (Å²) in [7, 11) is -1.19. The lowest BCUT2D eigenvalue weighted by Crippen LogP contribution is -2.53. The first kappa shape index (κ1) is 28.2. The maximum absolute atomic E-state index is 13.7. The Kier molecular flexibility index (Phi) is 9.63. The molecule has 8 nitrogen and oxygen atoms in total. The molecular formula is C25H32Cl2N4O4S. The molecular weight excluding hydrogens is 523 g/mol. The zero-order valence-corrected chi connectivity index (χ0v) is 23.0. The molecule has 1 atom stereocenters. The normalized spacial score (nSPS) is 15.1. The quantitative estimate of drug-likeness (QED) is 0.479. The lowest BCUT2D eigenvalue weighted by Gasteiger charge is -2.33. The molecule has 1 unspecified atom stereocenters. The van der Waals surface area contributed by atoms with Crippen molar-refractivity contribution in [2.24, 2.45) is 0 Å². The van der Waals surface area contributed by atoms with Gasteiger partial charge in [-0.25, -0.2) is 4.31 Å². The monoisotopic (exact) mass is 554 g/mol. The largest absolute Gasteiger partial charge is 0.352 e. The Morgan fingerprint density at radius 2 is 1.69 bits per heavy atom. The number of halogens is 2. The van der Waals surface area contributed by atoms with E-state index in [2.05, 4.69) is 5.32 Å². The molecule has 1 saturated carbocycles. The van der Waals surface area contributed by atoms with E-state index in [9.17, 15) is 18.0 Å². The number of rotatable bonds is 10. The molecule has 0 bridgehead atoms. The molecule has 0 aromatic heterocycles. The molecule has 11 heteroatoms. The number of carbonyl (C=O) groups excluding carboxylic acids is 2. The van der Waals surface area contributed by atoms with Gasteiger partial charge in [0.25, 0.3) is 0 Å². The minimum atomic E-state index is -4.00. The first-order valence-electron chi connectivity index (χ1n) is 11.8. The van der Waals surface area contributed by atoms with E-state index in [0.29, 0.717) is 21.3 Å². The second-order valence-corrected chi connectivity index (χ2v) is 12.0. The second kappa shape index (κ2) is 12.3. The van der Waals surface area contributed by atoms with Crippen LogP contribution < -0.4 is 9.62 Å². The Morgan fingerprint density at radius 3 is 2.28 bits per heavy atom. The van der Waals surface area contributed by atoms with E-state index < -0.39 is 28.7 Å². The van der Waals surface area contributed by atoms with Gasteiger partial charge in [-0.1, -0.05) is 60.3 Å². The fourth-order valence-corrected chi connectivity index (χ4v) is 5.64. The van der Waals surface area contributed by atoms with Crippen LogP contribution in [0.5, 0.6) is 0 Å². The van der Waals surface area contributed by atoms with Crippen LogP contribution in [0.2, 0.25) is 10.0 Å². The summed E-state index contributed by atoms with van der Waals surface area (Å²) in [4.78, 5) is 28.2. The van der Waals surface area contributed by atoms with E-state index in [0.717, 1.165) is 34.3 Å². The topological polar surface area (TPSA) is 90.0 Å². The summed E-state index contributed by atoms with van der Waals surface area (Å²) < 4.78 is 28.4. The number of hydrogen-bond donors (Lipinski definition) is 1. The van der Waals surface area contributed by atoms with Gasteiger partial charge in [0.2, 0.25) is 11.8 Å². The average Bonchev–Trinajstić information content (AvgIpc) is 3.35. The Labute approximate surface area is 223 Å². The van der Waals surface area contributed by atoms with Gasteiger partial charge in [-0.2, -0.15) is 12.7 Å². The summed E-state index contributed by atoms with van der Waals surface area (Å²) in [6, 6.07) is 12.5. The SMILES string of the molecule is CC(C(=O)NC1CCCC1)N(Cc1ccc(Cl)cc1Cl)C(=O)CN(c1ccccc1)S(=O)(=O)N(C)C. The van der Waals surface area contributed by atoms with E-state index in [-0.39, 0.29) is 18.5 Å². The minimum Gasteiger partial charge on any atom is -0.352 e. The van der Waals surface area contributed by atoms with E-state index in [1.807, 2.05) is 0 Å². The molecule has 0 heterocycles. The molecule has 0 spiro atoms. The van der Waals surface area contributed by atoms with Crippen molar-refractivity contribution < 1.29 is 18.0 Å². The number of amides is 2. The molecule has 36 heavy (non-hydrogen) atoms. The van der Waals surface area contributed by atoms with Crippen LogP contribution in [0.1, 0.15) is 38.2 Å². The van der Waals surface area contributed by atoms with Gasteiger partial charge in [0, 0.05) is 36.7 Å². The molecule has 0 radical (unpaired) electrons. The second-order valence-electron chi connectivity index (χ2n) is 9.06. The van der Waals surface area contributed by atoms with Gasteiger partial charge >= 0.3 is 10.2 Å². The fourth-order valence-electron chi connectivity index (χ4n) is 4.12. The minimum absolute atomic E-state index is 0.0126. The number of hydrogen-bond acceptors (Lipinski definition) is 4. The summed E-state index contributed by atoms with van der Waals surface area (Å²) in [5.41, 5.74) is 0.934. The van der Waals surface area contributed by atoms with Gasteiger partial charge in [-0.05, 0) is 49.6 Å². The van der Waals surface area contributed by atoms with Crippen LogP contribution >= 0.6 is 23.2 Å². The van der Waals surface area contributed by atoms with Crippen LogP contribution in [0.3, 0.4) is 0 Å². The predicted octanol–water partition coefficient (Wildman–Crippen LogP) is 4.08. The molecule has 3 rings (SSSR count). The number of nitrogens with zero attached hydrogens (tertiary/aromatic N) is 3. The Bertz CT molecular complexity index is 1170. The van der Waals surface area contributed by atoms with Crippen molar-refractivity contribution in [3.05, 3.63) is 64.1 Å². The molecule has 1 N–H and O–H groups in total. The standard InChI is InChI=1S/C25H32Cl2N4O4S/c1-18(25(33)28-21-9-7-8-10-21)30(16-19-13-14-20(26)15-23(19)27)24(32)17-31(36(34,35)29(2)3)22-11-5-4-6-12-22/h4-6,11-15,18,21H,7-10,16-17H2,1-3H3,(H,28,33). The molecule has 0 aliphatic heterocycles. The third kappa shape index (κ3) is 6.91. The number of nitrogens with one attached hydrogen (secondary N) is 1. The number of anilines is 1. The average molecular weight is 556 g/mol. The highest BCUT2D eigenvalue weighted by atomic mass is 35.5. The number of para-hydroxylation sites is 1. The van der Waals surface area contributed by atoms with Crippen molar-refractivity contribution in [3.63, 3.8) is 0 Å². The van der Waals surface area contributed by atoms with Gasteiger partial charge < -0.3 is 10.2 Å². The number of carbonyl (C=O) groups is 2. The van der Waals surface area contributed by atoms with Crippen LogP contribution in [0.15, 0.2) is 48.5 Å². The van der Waals surface area contributed by atoms with E-state index in [1.54, 1.807) is 55.5 Å². The Balaban J connectivity index is 1.93. The van der Waals surface area contributed by atoms with Crippen LogP contribution in [0, 0.1) is 0 Å². The first-order valence-corrected chi connectivity index (χ1v) is 13.9. The molecule has 2 aromatic carbocycles. The van der Waals surface area contributed by atoms with Gasteiger partial charge in [-0.15, -0.1) is 0 Å². The van der Waals surface area contributed by atoms with E-state index in [4.69, 9.17) is 23.2 Å². The summed E-state index contributed by atoms with van der Waals surface area (Å²) in [5.74, 6) is -0.827. The van der Waals surface area contributed by atoms with Crippen molar-refractivity contribution in [2.75, 3.05) is 24.9 Å². The van der Waals surface area contributed by atoms with Crippen LogP contribution in [-0.4, -0.2) is 62.2 Å². The van der Waals surface area contributed by atoms with Crippen LogP contribution in [-0.2, 0) is 26.3 Å². The van der Waals surface area contributed by atoms with Crippen molar-refractivity contribution in [2.45, 2.75) is 51.2 Å². The number of benzene rings is 2. The summed E-state index contributed by atoms with van der Waals surface area (Å²) in [6.07, 6.45) is 3.91. The third-order valence-electron chi connectivity index (χ3n) is 6.29. The van der Waals surface area contributed by atoms with Gasteiger partial charge in [0.05, 0.1) is 5.69 Å². The van der Waals surface area contributed by atoms with Crippen LogP contribution in [0.4, 0.5) is 5.69 Å². The van der Waals surface area contributed by atoms with Crippen molar-refractivity contribution in [3.8, 4) is 0 Å². The third-order valence-corrected chi connectivity index (χ3v) is 8.69. The maximum Gasteiger partial charge on any atom is 0.304 e. The molecule has 1 aliphatic carbocycles. The summed E-state index contributed by atoms with van der Waals surface area (Å²) in [6.45, 7) is 1.16. The van der Waals surface area contributed by atoms with Crippen LogP contribution in [0.25, 0.3) is 0 Å². The molecule has 2 aromatic rings. The fraction of sp³-hybridized carbons (Fsp3) is 0.440. The molecule has 2 amide bonds. The highest BCUT2D eigenvalue weighted by Gasteiger charge is 2.33. The van der Waals surface area contributed by atoms with Crippen molar-refractivity contribution in [1.82, 2.24) is 14.5 Å². The van der Waals surface area contributed by atoms with Gasteiger partial charge in [0.15, 0.2) is 0 Å². The van der Waals surface area contributed by atoms with Crippen molar-refractivity contribution in [1.29, 1.82) is 0 Å². The highest BCUT2D eigenvalue weighted by molar-refractivity contribution is 7.90. The highest BCUT2D eigenvalue weighted by Crippen LogP contribution is 2.25. The zero-order valence-electron chi connectivity index (χ0n) is 20.7. The van der Waals surface area contributed by atoms with Gasteiger partial charge in [-0.3, -0.25) is 9.59 Å². The van der Waals surface area contributed by atoms with Gasteiger partial charge in [0.1, 0.15) is 12.6 Å². The Hall–Kier alpha value is -2.33. The van der Waals surface area contributed by atoms with E-state index in [1.165, 1.54) is 19.0 Å². The smallest absolute Gasteiger partial charge is 0.304 e. The lowest BCUT2D eigenvalue weighted by atomic mass is 10.1. The predicted molar refractivity (Wildman–Crippen MR) is 143 cm³/mol. The zero-order chi connectivity index (χ0) is 26.5. The molecule has 1 aliphatic rings. The summed E-state index contributed by atoms with van der Waals surface area (Å²) in [5, 5.41) is 3.83. The van der Waals surface area contributed by atoms with Crippen molar-refractivity contribution >= 4 is 50.9 Å². The lowest BCUT2D eigenvalue weighted by molar-refractivity contribution is -0.139. The maximum atomic E-state index is 13.7.